The Morgan fingerprint density at radius 3 is 2.79 bits per heavy atom. The molecule has 0 radical (unpaired) electrons. The Morgan fingerprint density at radius 2 is 2.14 bits per heavy atom. The van der Waals surface area contributed by atoms with Crippen molar-refractivity contribution in [3.8, 4) is 17.1 Å². The molecular weight excluding hydrogens is 503 g/mol. The molecule has 0 unspecified atom stereocenters. The van der Waals surface area contributed by atoms with E-state index in [1.807, 2.05) is 31.4 Å². The van der Waals surface area contributed by atoms with E-state index in [0.717, 1.165) is 18.5 Å². The van der Waals surface area contributed by atoms with Crippen LogP contribution in [0.3, 0.4) is 0 Å². The van der Waals surface area contributed by atoms with Crippen LogP contribution in [0.15, 0.2) is 28.0 Å². The van der Waals surface area contributed by atoms with E-state index in [1.54, 1.807) is 11.7 Å². The minimum Gasteiger partial charge on any atom is -0.493 e. The monoisotopic (exact) mass is 528 g/mol. The van der Waals surface area contributed by atoms with Crippen LogP contribution in [-0.4, -0.2) is 37.8 Å². The molecular formula is C19H25IN6O2S. The maximum atomic E-state index is 12.7. The largest absolute Gasteiger partial charge is 0.493 e. The molecule has 0 bridgehead atoms. The fourth-order valence-corrected chi connectivity index (χ4v) is 3.20. The van der Waals surface area contributed by atoms with Crippen molar-refractivity contribution in [1.29, 1.82) is 0 Å². The van der Waals surface area contributed by atoms with Crippen molar-refractivity contribution in [3.05, 3.63) is 34.2 Å². The maximum absolute atomic E-state index is 12.7. The lowest BCUT2D eigenvalue weighted by Crippen LogP contribution is -2.12. The van der Waals surface area contributed by atoms with Gasteiger partial charge in [-0.25, -0.2) is 9.98 Å². The van der Waals surface area contributed by atoms with E-state index in [9.17, 15) is 4.79 Å². The standard InChI is InChI=1S/C19H24N6O2S.HI/c1-5-7-13-15-16(25(3)24-13)18(26)23-17(22-15)12-10-11(21-19(20)28-4)8-9-14(12)27-6-2;/h8-10H,5-7H2,1-4H3,(H2,20,21)(H,22,23,26);1H. The first-order chi connectivity index (χ1) is 13.5. The lowest BCUT2D eigenvalue weighted by molar-refractivity contribution is 0.341. The van der Waals surface area contributed by atoms with Crippen LogP contribution in [0.4, 0.5) is 5.69 Å². The van der Waals surface area contributed by atoms with Gasteiger partial charge in [-0.1, -0.05) is 25.1 Å². The normalized spacial score (nSPS) is 11.5. The van der Waals surface area contributed by atoms with Crippen molar-refractivity contribution in [2.75, 3.05) is 12.9 Å². The third kappa shape index (κ3) is 4.92. The van der Waals surface area contributed by atoms with Gasteiger partial charge in [0.15, 0.2) is 10.7 Å². The maximum Gasteiger partial charge on any atom is 0.277 e. The van der Waals surface area contributed by atoms with Gasteiger partial charge >= 0.3 is 0 Å². The zero-order valence-electron chi connectivity index (χ0n) is 16.9. The number of hydrogen-bond donors (Lipinski definition) is 2. The first-order valence-corrected chi connectivity index (χ1v) is 10.3. The number of ether oxygens (including phenoxy) is 1. The van der Waals surface area contributed by atoms with Gasteiger partial charge in [0.25, 0.3) is 5.56 Å². The summed E-state index contributed by atoms with van der Waals surface area (Å²) >= 11 is 1.36. The molecule has 0 saturated carbocycles. The van der Waals surface area contributed by atoms with Crippen LogP contribution in [0.25, 0.3) is 22.4 Å². The number of hydrogen-bond acceptors (Lipinski definition) is 6. The SMILES string of the molecule is CCCc1nn(C)c2c(=O)[nH]c(-c3cc(N=C(N)SC)ccc3OCC)nc12.I. The van der Waals surface area contributed by atoms with Crippen LogP contribution in [0.5, 0.6) is 5.75 Å². The highest BCUT2D eigenvalue weighted by molar-refractivity contribution is 14.0. The number of halogens is 1. The summed E-state index contributed by atoms with van der Waals surface area (Å²) in [5.74, 6) is 1.04. The molecule has 3 aromatic rings. The minimum absolute atomic E-state index is 0. The third-order valence-corrected chi connectivity index (χ3v) is 4.73. The summed E-state index contributed by atoms with van der Waals surface area (Å²) < 4.78 is 7.33. The van der Waals surface area contributed by atoms with Crippen molar-refractivity contribution in [1.82, 2.24) is 19.7 Å². The molecule has 3 N–H and O–H groups in total. The Kier molecular flexibility index (Phi) is 8.08. The number of aromatic amines is 1. The lowest BCUT2D eigenvalue weighted by atomic mass is 10.1. The molecule has 3 rings (SSSR count). The molecule has 0 fully saturated rings. The predicted octanol–water partition coefficient (Wildman–Crippen LogP) is 3.60. The van der Waals surface area contributed by atoms with E-state index in [1.165, 1.54) is 11.8 Å². The summed E-state index contributed by atoms with van der Waals surface area (Å²) in [5, 5.41) is 4.91. The highest BCUT2D eigenvalue weighted by Crippen LogP contribution is 2.32. The quantitative estimate of drug-likeness (QED) is 0.287. The van der Waals surface area contributed by atoms with Crippen molar-refractivity contribution >= 4 is 57.6 Å². The molecule has 0 aliphatic rings. The van der Waals surface area contributed by atoms with Crippen LogP contribution in [-0.2, 0) is 13.5 Å². The average Bonchev–Trinajstić information content (AvgIpc) is 2.99. The van der Waals surface area contributed by atoms with Gasteiger partial charge in [0.1, 0.15) is 17.1 Å². The third-order valence-electron chi connectivity index (χ3n) is 4.22. The molecule has 0 aliphatic carbocycles. The van der Waals surface area contributed by atoms with Gasteiger partial charge in [-0.2, -0.15) is 5.10 Å². The summed E-state index contributed by atoms with van der Waals surface area (Å²) in [4.78, 5) is 24.7. The fourth-order valence-electron chi connectivity index (χ4n) is 3.01. The number of aromatic nitrogens is 4. The van der Waals surface area contributed by atoms with Gasteiger partial charge in [0.2, 0.25) is 0 Å². The number of benzene rings is 1. The van der Waals surface area contributed by atoms with Crippen LogP contribution in [0.2, 0.25) is 0 Å². The summed E-state index contributed by atoms with van der Waals surface area (Å²) in [6.07, 6.45) is 3.53. The Labute approximate surface area is 190 Å². The molecule has 1 aromatic carbocycles. The molecule has 2 aromatic heterocycles. The zero-order chi connectivity index (χ0) is 20.3. The topological polar surface area (TPSA) is 111 Å². The number of thioether (sulfide) groups is 1. The number of nitrogens with zero attached hydrogens (tertiary/aromatic N) is 4. The molecule has 29 heavy (non-hydrogen) atoms. The van der Waals surface area contributed by atoms with Gasteiger partial charge in [0, 0.05) is 7.05 Å². The Morgan fingerprint density at radius 1 is 1.38 bits per heavy atom. The molecule has 0 aliphatic heterocycles. The second kappa shape index (κ2) is 10.1. The van der Waals surface area contributed by atoms with Gasteiger partial charge in [-0.3, -0.25) is 9.48 Å². The molecule has 0 atom stereocenters. The van der Waals surface area contributed by atoms with E-state index in [2.05, 4.69) is 22.0 Å². The smallest absolute Gasteiger partial charge is 0.277 e. The van der Waals surface area contributed by atoms with E-state index in [4.69, 9.17) is 15.5 Å². The van der Waals surface area contributed by atoms with Crippen LogP contribution >= 0.6 is 35.7 Å². The number of nitrogens with two attached hydrogens (primary N) is 1. The van der Waals surface area contributed by atoms with Gasteiger partial charge in [0.05, 0.1) is 23.6 Å². The fraction of sp³-hybridized carbons (Fsp3) is 0.368. The van der Waals surface area contributed by atoms with Crippen molar-refractivity contribution in [3.63, 3.8) is 0 Å². The Balaban J connectivity index is 0.00000300. The summed E-state index contributed by atoms with van der Waals surface area (Å²) in [6, 6.07) is 5.44. The van der Waals surface area contributed by atoms with E-state index < -0.39 is 0 Å². The van der Waals surface area contributed by atoms with Crippen molar-refractivity contribution in [2.24, 2.45) is 17.8 Å². The van der Waals surface area contributed by atoms with Crippen LogP contribution in [0.1, 0.15) is 26.0 Å². The van der Waals surface area contributed by atoms with E-state index >= 15 is 0 Å². The molecule has 8 nitrogen and oxygen atoms in total. The zero-order valence-corrected chi connectivity index (χ0v) is 20.0. The number of H-pyrrole nitrogens is 1. The molecule has 2 heterocycles. The number of aryl methyl sites for hydroxylation is 2. The summed E-state index contributed by atoms with van der Waals surface area (Å²) in [7, 11) is 1.75. The van der Waals surface area contributed by atoms with Crippen molar-refractivity contribution in [2.45, 2.75) is 26.7 Å². The Hall–Kier alpha value is -2.08. The second-order valence-electron chi connectivity index (χ2n) is 6.20. The first-order valence-electron chi connectivity index (χ1n) is 9.09. The molecule has 0 spiro atoms. The molecule has 0 saturated heterocycles. The molecule has 10 heteroatoms. The molecule has 0 amide bonds. The molecule has 156 valence electrons. The van der Waals surface area contributed by atoms with Crippen LogP contribution < -0.4 is 16.0 Å². The number of fused-ring (bicyclic) bond motifs is 1. The first kappa shape index (κ1) is 23.2. The minimum atomic E-state index is -0.239. The predicted molar refractivity (Wildman–Crippen MR) is 130 cm³/mol. The highest BCUT2D eigenvalue weighted by Gasteiger charge is 2.17. The average molecular weight is 528 g/mol. The lowest BCUT2D eigenvalue weighted by Gasteiger charge is -2.11. The van der Waals surface area contributed by atoms with E-state index in [0.29, 0.717) is 45.6 Å². The van der Waals surface area contributed by atoms with Crippen LogP contribution in [0, 0.1) is 0 Å². The summed E-state index contributed by atoms with van der Waals surface area (Å²) in [6.45, 7) is 4.46. The Bertz CT molecular complexity index is 1090. The highest BCUT2D eigenvalue weighted by atomic mass is 127. The number of nitrogens with one attached hydrogen (secondary N) is 1. The van der Waals surface area contributed by atoms with E-state index in [-0.39, 0.29) is 29.5 Å². The second-order valence-corrected chi connectivity index (χ2v) is 7.03. The number of amidine groups is 1. The van der Waals surface area contributed by atoms with Gasteiger partial charge in [-0.15, -0.1) is 24.0 Å². The van der Waals surface area contributed by atoms with Gasteiger partial charge in [-0.05, 0) is 37.8 Å². The number of aliphatic imine (C=N–C) groups is 1. The number of rotatable bonds is 6. The summed E-state index contributed by atoms with van der Waals surface area (Å²) in [5.41, 5.74) is 8.81. The van der Waals surface area contributed by atoms with Gasteiger partial charge < -0.3 is 15.5 Å². The van der Waals surface area contributed by atoms with Crippen molar-refractivity contribution < 1.29 is 4.74 Å².